The zero-order valence-electron chi connectivity index (χ0n) is 11.0. The maximum absolute atomic E-state index is 5.86. The van der Waals surface area contributed by atoms with Gasteiger partial charge in [0, 0.05) is 17.4 Å². The summed E-state index contributed by atoms with van der Waals surface area (Å²) in [6.07, 6.45) is 1.07. The molecule has 2 nitrogen and oxygen atoms in total. The zero-order valence-corrected chi connectivity index (χ0v) is 11.8. The molecule has 0 fully saturated rings. The van der Waals surface area contributed by atoms with Crippen LogP contribution in [-0.4, -0.2) is 25.2 Å². The summed E-state index contributed by atoms with van der Waals surface area (Å²) in [6, 6.07) is 8.70. The number of rotatable bonds is 8. The fourth-order valence-corrected chi connectivity index (χ4v) is 2.32. The van der Waals surface area contributed by atoms with Crippen LogP contribution in [0.2, 0.25) is 0 Å². The Morgan fingerprint density at radius 2 is 2.06 bits per heavy atom. The SMILES string of the molecule is CCSCCOc1ccccc1C(CC)NC. The lowest BCUT2D eigenvalue weighted by atomic mass is 10.0. The number of benzene rings is 1. The van der Waals surface area contributed by atoms with Crippen LogP contribution in [-0.2, 0) is 0 Å². The van der Waals surface area contributed by atoms with Crippen molar-refractivity contribution in [2.45, 2.75) is 26.3 Å². The molecule has 0 aliphatic heterocycles. The Morgan fingerprint density at radius 1 is 1.29 bits per heavy atom. The van der Waals surface area contributed by atoms with Gasteiger partial charge < -0.3 is 10.1 Å². The Kier molecular flexibility index (Phi) is 7.13. The molecule has 1 aromatic carbocycles. The minimum Gasteiger partial charge on any atom is -0.492 e. The van der Waals surface area contributed by atoms with E-state index in [-0.39, 0.29) is 0 Å². The molecule has 1 aromatic rings. The number of thioether (sulfide) groups is 1. The average Bonchev–Trinajstić information content (AvgIpc) is 2.38. The maximum atomic E-state index is 5.86. The Hall–Kier alpha value is -0.670. The number of para-hydroxylation sites is 1. The quantitative estimate of drug-likeness (QED) is 0.717. The monoisotopic (exact) mass is 253 g/mol. The predicted octanol–water partition coefficient (Wildman–Crippen LogP) is 3.49. The lowest BCUT2D eigenvalue weighted by molar-refractivity contribution is 0.335. The molecule has 96 valence electrons. The Balaban J connectivity index is 2.63. The van der Waals surface area contributed by atoms with Crippen LogP contribution in [0.1, 0.15) is 31.9 Å². The van der Waals surface area contributed by atoms with Crippen LogP contribution >= 0.6 is 11.8 Å². The highest BCUT2D eigenvalue weighted by Gasteiger charge is 2.11. The largest absolute Gasteiger partial charge is 0.492 e. The Morgan fingerprint density at radius 3 is 2.71 bits per heavy atom. The van der Waals surface area contributed by atoms with Crippen molar-refractivity contribution < 1.29 is 4.74 Å². The molecule has 0 radical (unpaired) electrons. The summed E-state index contributed by atoms with van der Waals surface area (Å²) < 4.78 is 5.86. The highest BCUT2D eigenvalue weighted by atomic mass is 32.2. The van der Waals surface area contributed by atoms with Gasteiger partial charge in [0.1, 0.15) is 5.75 Å². The van der Waals surface area contributed by atoms with Gasteiger partial charge in [0.25, 0.3) is 0 Å². The second-order valence-electron chi connectivity index (χ2n) is 3.83. The van der Waals surface area contributed by atoms with Crippen LogP contribution in [0.3, 0.4) is 0 Å². The van der Waals surface area contributed by atoms with Crippen LogP contribution < -0.4 is 10.1 Å². The van der Waals surface area contributed by atoms with Crippen molar-refractivity contribution >= 4 is 11.8 Å². The van der Waals surface area contributed by atoms with Crippen molar-refractivity contribution in [1.82, 2.24) is 5.32 Å². The molecule has 0 amide bonds. The van der Waals surface area contributed by atoms with E-state index in [1.165, 1.54) is 5.56 Å². The van der Waals surface area contributed by atoms with E-state index < -0.39 is 0 Å². The van der Waals surface area contributed by atoms with Gasteiger partial charge in [0.2, 0.25) is 0 Å². The fraction of sp³-hybridized carbons (Fsp3) is 0.571. The highest BCUT2D eigenvalue weighted by Crippen LogP contribution is 2.26. The fourth-order valence-electron chi connectivity index (χ4n) is 1.83. The van der Waals surface area contributed by atoms with Gasteiger partial charge in [-0.25, -0.2) is 0 Å². The molecule has 0 saturated heterocycles. The molecule has 1 rings (SSSR count). The molecule has 0 bridgehead atoms. The summed E-state index contributed by atoms with van der Waals surface area (Å²) >= 11 is 1.91. The standard InChI is InChI=1S/C14H23NOS/c1-4-13(15-3)12-8-6-7-9-14(12)16-10-11-17-5-2/h6-9,13,15H,4-5,10-11H2,1-3H3. The Bertz CT molecular complexity index is 313. The first-order valence-electron chi connectivity index (χ1n) is 6.30. The number of hydrogen-bond donors (Lipinski definition) is 1. The van der Waals surface area contributed by atoms with E-state index in [0.717, 1.165) is 30.3 Å². The van der Waals surface area contributed by atoms with Gasteiger partial charge in [0.05, 0.1) is 6.61 Å². The molecule has 1 N–H and O–H groups in total. The van der Waals surface area contributed by atoms with Gasteiger partial charge in [-0.15, -0.1) is 0 Å². The first kappa shape index (κ1) is 14.4. The number of hydrogen-bond acceptors (Lipinski definition) is 3. The summed E-state index contributed by atoms with van der Waals surface area (Å²) in [6.45, 7) is 5.15. The third-order valence-electron chi connectivity index (χ3n) is 2.74. The van der Waals surface area contributed by atoms with Crippen molar-refractivity contribution in [2.24, 2.45) is 0 Å². The molecule has 0 aliphatic rings. The lowest BCUT2D eigenvalue weighted by Crippen LogP contribution is -2.16. The smallest absolute Gasteiger partial charge is 0.124 e. The maximum Gasteiger partial charge on any atom is 0.124 e. The van der Waals surface area contributed by atoms with Gasteiger partial charge in [-0.05, 0) is 25.3 Å². The van der Waals surface area contributed by atoms with Gasteiger partial charge in [0.15, 0.2) is 0 Å². The van der Waals surface area contributed by atoms with Gasteiger partial charge in [-0.2, -0.15) is 11.8 Å². The first-order chi connectivity index (χ1) is 8.33. The van der Waals surface area contributed by atoms with E-state index in [1.807, 2.05) is 24.9 Å². The van der Waals surface area contributed by atoms with Gasteiger partial charge in [-0.3, -0.25) is 0 Å². The molecule has 0 heterocycles. The van der Waals surface area contributed by atoms with E-state index >= 15 is 0 Å². The minimum atomic E-state index is 0.380. The second kappa shape index (κ2) is 8.43. The lowest BCUT2D eigenvalue weighted by Gasteiger charge is -2.18. The zero-order chi connectivity index (χ0) is 12.5. The van der Waals surface area contributed by atoms with Crippen LogP contribution in [0.5, 0.6) is 5.75 Å². The molecule has 3 heteroatoms. The van der Waals surface area contributed by atoms with E-state index in [0.29, 0.717) is 6.04 Å². The van der Waals surface area contributed by atoms with Crippen LogP contribution in [0.25, 0.3) is 0 Å². The minimum absolute atomic E-state index is 0.380. The summed E-state index contributed by atoms with van der Waals surface area (Å²) in [4.78, 5) is 0. The van der Waals surface area contributed by atoms with Gasteiger partial charge in [-0.1, -0.05) is 32.0 Å². The molecular weight excluding hydrogens is 230 g/mol. The van der Waals surface area contributed by atoms with Crippen molar-refractivity contribution in [2.75, 3.05) is 25.2 Å². The van der Waals surface area contributed by atoms with Crippen LogP contribution in [0.15, 0.2) is 24.3 Å². The predicted molar refractivity (Wildman–Crippen MR) is 77.0 cm³/mol. The van der Waals surface area contributed by atoms with E-state index in [4.69, 9.17) is 4.74 Å². The normalized spacial score (nSPS) is 12.4. The molecule has 0 aromatic heterocycles. The molecule has 1 atom stereocenters. The summed E-state index contributed by atoms with van der Waals surface area (Å²) in [7, 11) is 2.00. The molecule has 0 saturated carbocycles. The molecule has 17 heavy (non-hydrogen) atoms. The van der Waals surface area contributed by atoms with E-state index in [9.17, 15) is 0 Å². The second-order valence-corrected chi connectivity index (χ2v) is 5.23. The van der Waals surface area contributed by atoms with E-state index in [1.54, 1.807) is 0 Å². The summed E-state index contributed by atoms with van der Waals surface area (Å²) in [5.41, 5.74) is 1.26. The van der Waals surface area contributed by atoms with Crippen molar-refractivity contribution in [3.8, 4) is 5.75 Å². The average molecular weight is 253 g/mol. The molecule has 1 unspecified atom stereocenters. The number of nitrogens with one attached hydrogen (secondary N) is 1. The van der Waals surface area contributed by atoms with Crippen molar-refractivity contribution in [3.05, 3.63) is 29.8 Å². The third-order valence-corrected chi connectivity index (χ3v) is 3.60. The van der Waals surface area contributed by atoms with Crippen LogP contribution in [0.4, 0.5) is 0 Å². The molecular formula is C14H23NOS. The molecule has 0 aliphatic carbocycles. The third kappa shape index (κ3) is 4.60. The summed E-state index contributed by atoms with van der Waals surface area (Å²) in [5, 5.41) is 3.32. The number of ether oxygens (including phenoxy) is 1. The van der Waals surface area contributed by atoms with Crippen molar-refractivity contribution in [3.63, 3.8) is 0 Å². The summed E-state index contributed by atoms with van der Waals surface area (Å²) in [5.74, 6) is 3.23. The Labute approximate surface area is 109 Å². The first-order valence-corrected chi connectivity index (χ1v) is 7.45. The topological polar surface area (TPSA) is 21.3 Å². The van der Waals surface area contributed by atoms with Crippen LogP contribution in [0, 0.1) is 0 Å². The highest BCUT2D eigenvalue weighted by molar-refractivity contribution is 7.99. The van der Waals surface area contributed by atoms with E-state index in [2.05, 4.69) is 37.4 Å². The van der Waals surface area contributed by atoms with Gasteiger partial charge >= 0.3 is 0 Å². The molecule has 0 spiro atoms. The van der Waals surface area contributed by atoms with Crippen molar-refractivity contribution in [1.29, 1.82) is 0 Å².